The van der Waals surface area contributed by atoms with Gasteiger partial charge >= 0.3 is 0 Å². The van der Waals surface area contributed by atoms with E-state index in [1.54, 1.807) is 39.3 Å². The summed E-state index contributed by atoms with van der Waals surface area (Å²) in [5.41, 5.74) is 2.93. The minimum Gasteiger partial charge on any atom is -0.468 e. The topological polar surface area (TPSA) is 269 Å². The Morgan fingerprint density at radius 3 is 1.82 bits per heavy atom. The van der Waals surface area contributed by atoms with Gasteiger partial charge in [-0.05, 0) is 10.8 Å². The summed E-state index contributed by atoms with van der Waals surface area (Å²) in [4.78, 5) is 20.2. The number of rotatable bonds is 8. The molecule has 0 spiro atoms. The molecule has 0 radical (unpaired) electrons. The van der Waals surface area contributed by atoms with Crippen LogP contribution in [-0.4, -0.2) is 89.7 Å². The first-order valence-electron chi connectivity index (χ1n) is 17.3. The number of aromatic nitrogens is 16. The number of nitrogens with one attached hydrogen (secondary N) is 1. The summed E-state index contributed by atoms with van der Waals surface area (Å²) in [5, 5.41) is 57.4. The Morgan fingerprint density at radius 2 is 1.33 bits per heavy atom. The van der Waals surface area contributed by atoms with Crippen LogP contribution < -0.4 is 10.3 Å². The van der Waals surface area contributed by atoms with Gasteiger partial charge in [-0.2, -0.15) is 20.4 Å². The Kier molecular flexibility index (Phi) is 11.6. The molecular formula is C34H41ClN16O6. The van der Waals surface area contributed by atoms with E-state index in [4.69, 9.17) is 30.5 Å². The molecule has 0 aromatic carbocycles. The molecule has 8 aromatic heterocycles. The van der Waals surface area contributed by atoms with Gasteiger partial charge in [0.2, 0.25) is 17.5 Å². The Morgan fingerprint density at radius 1 is 0.789 bits per heavy atom. The molecule has 8 rings (SSSR count). The molecule has 57 heavy (non-hydrogen) atoms. The van der Waals surface area contributed by atoms with Crippen molar-refractivity contribution in [2.75, 3.05) is 0 Å². The predicted molar refractivity (Wildman–Crippen MR) is 201 cm³/mol. The molecule has 0 bridgehead atoms. The zero-order chi connectivity index (χ0) is 41.1. The molecular weight excluding hydrogens is 764 g/mol. The molecule has 0 saturated carbocycles. The van der Waals surface area contributed by atoms with Crippen LogP contribution in [-0.2, 0) is 50.6 Å². The minimum absolute atomic E-state index is 0.190. The van der Waals surface area contributed by atoms with E-state index in [0.717, 1.165) is 16.9 Å². The molecule has 23 heteroatoms. The van der Waals surface area contributed by atoms with E-state index in [9.17, 15) is 9.90 Å². The van der Waals surface area contributed by atoms with E-state index in [1.807, 2.05) is 27.8 Å². The maximum Gasteiger partial charge on any atom is 0.268 e. The lowest BCUT2D eigenvalue weighted by Crippen LogP contribution is -2.20. The second-order valence-electron chi connectivity index (χ2n) is 14.5. The number of H-pyrrole nitrogens is 1. The van der Waals surface area contributed by atoms with Gasteiger partial charge in [0, 0.05) is 31.8 Å². The van der Waals surface area contributed by atoms with Crippen molar-refractivity contribution in [3.05, 3.63) is 81.8 Å². The van der Waals surface area contributed by atoms with Crippen LogP contribution in [0.3, 0.4) is 0 Å². The summed E-state index contributed by atoms with van der Waals surface area (Å²) < 4.78 is 22.5. The lowest BCUT2D eigenvalue weighted by molar-refractivity contribution is 0.229. The van der Waals surface area contributed by atoms with E-state index >= 15 is 0 Å². The molecule has 0 aliphatic rings. The van der Waals surface area contributed by atoms with Crippen LogP contribution >= 0.6 is 11.6 Å². The van der Waals surface area contributed by atoms with Crippen molar-refractivity contribution in [1.29, 1.82) is 0 Å². The van der Waals surface area contributed by atoms with Gasteiger partial charge in [-0.1, -0.05) is 51.9 Å². The number of aliphatic hydroxyl groups is 2. The molecule has 0 saturated heterocycles. The van der Waals surface area contributed by atoms with Crippen LogP contribution in [0.25, 0.3) is 34.1 Å². The average molecular weight is 805 g/mol. The standard InChI is InChI=1S/C17H20N8O3.C13H15N5O3.C4H6ClN3/c1-17(2,3)14-12-6-19-21-15(11-5-10(7-26)28-23-11)25(12)22-16(14)27-8-13-18-9-20-24(13)4;1-13(2,3)10-9-5-14-15-11(18(9)16-12(10)20)8-4-7(6-19)21-17-8;1-8-4(2-5)6-3-7-8/h5-6,9,26H,7-8H2,1-4H3;4-5,19H,6H2,1-3H3,(H,16,20);3H,2H2,1H3. The maximum atomic E-state index is 12.2. The number of hydrogen-bond donors (Lipinski definition) is 3. The number of aromatic amines is 1. The summed E-state index contributed by atoms with van der Waals surface area (Å²) in [5.74, 6) is 3.74. The fourth-order valence-corrected chi connectivity index (χ4v) is 5.90. The summed E-state index contributed by atoms with van der Waals surface area (Å²) in [6.45, 7) is 11.8. The quantitative estimate of drug-likeness (QED) is 0.186. The van der Waals surface area contributed by atoms with Gasteiger partial charge in [0.25, 0.3) is 5.56 Å². The van der Waals surface area contributed by atoms with Crippen LogP contribution in [0, 0.1) is 0 Å². The monoisotopic (exact) mass is 804 g/mol. The molecule has 0 fully saturated rings. The average Bonchev–Trinajstić information content (AvgIpc) is 4.02. The largest absolute Gasteiger partial charge is 0.468 e. The van der Waals surface area contributed by atoms with Crippen LogP contribution in [0.4, 0.5) is 0 Å². The number of nitrogens with zero attached hydrogens (tertiary/aromatic N) is 15. The maximum absolute atomic E-state index is 12.2. The summed E-state index contributed by atoms with van der Waals surface area (Å²) in [6, 6.07) is 3.15. The van der Waals surface area contributed by atoms with Crippen molar-refractivity contribution in [1.82, 2.24) is 79.5 Å². The number of aryl methyl sites for hydroxylation is 2. The highest BCUT2D eigenvalue weighted by molar-refractivity contribution is 6.16. The number of aliphatic hydroxyl groups excluding tert-OH is 2. The second-order valence-corrected chi connectivity index (χ2v) is 14.8. The van der Waals surface area contributed by atoms with E-state index < -0.39 is 0 Å². The van der Waals surface area contributed by atoms with E-state index in [0.29, 0.717) is 63.2 Å². The lowest BCUT2D eigenvalue weighted by atomic mass is 9.88. The highest BCUT2D eigenvalue weighted by Crippen LogP contribution is 2.36. The predicted octanol–water partition coefficient (Wildman–Crippen LogP) is 2.69. The van der Waals surface area contributed by atoms with Crippen LogP contribution in [0.15, 0.2) is 51.0 Å². The normalized spacial score (nSPS) is 11.8. The molecule has 0 atom stereocenters. The molecule has 0 aliphatic heterocycles. The van der Waals surface area contributed by atoms with Crippen molar-refractivity contribution in [3.8, 4) is 28.9 Å². The Balaban J connectivity index is 0.000000166. The number of alkyl halides is 1. The fourth-order valence-electron chi connectivity index (χ4n) is 5.66. The zero-order valence-electron chi connectivity index (χ0n) is 32.4. The Labute approximate surface area is 328 Å². The number of halogens is 1. The Bertz CT molecular complexity index is 2650. The summed E-state index contributed by atoms with van der Waals surface area (Å²) in [6.07, 6.45) is 6.13. The third-order valence-corrected chi connectivity index (χ3v) is 8.60. The zero-order valence-corrected chi connectivity index (χ0v) is 33.2. The molecule has 8 heterocycles. The van der Waals surface area contributed by atoms with Crippen molar-refractivity contribution >= 4 is 22.6 Å². The third kappa shape index (κ3) is 8.56. The van der Waals surface area contributed by atoms with Crippen LogP contribution in [0.2, 0.25) is 0 Å². The van der Waals surface area contributed by atoms with E-state index in [1.165, 1.54) is 23.4 Å². The smallest absolute Gasteiger partial charge is 0.268 e. The molecule has 300 valence electrons. The first-order valence-corrected chi connectivity index (χ1v) is 17.9. The van der Waals surface area contributed by atoms with E-state index in [-0.39, 0.29) is 36.2 Å². The van der Waals surface area contributed by atoms with Gasteiger partial charge in [0.05, 0.1) is 34.9 Å². The van der Waals surface area contributed by atoms with Crippen molar-refractivity contribution in [3.63, 3.8) is 0 Å². The number of ether oxygens (including phenoxy) is 1. The molecule has 8 aromatic rings. The fraction of sp³-hybridized carbons (Fsp3) is 0.412. The molecule has 0 aliphatic carbocycles. The first kappa shape index (κ1) is 40.3. The molecule has 3 N–H and O–H groups in total. The SMILES string of the molecule is CC(C)(C)c1c(=O)[nH]n2c(-c3cc(CO)on3)nncc12.Cn1ncnc1CCl.Cn1ncnc1COc1nn2c(-c3cc(CO)on3)nncc2c1C(C)(C)C. The molecule has 22 nitrogen and oxygen atoms in total. The van der Waals surface area contributed by atoms with Gasteiger partial charge in [0.1, 0.15) is 38.3 Å². The first-order chi connectivity index (χ1) is 27.1. The van der Waals surface area contributed by atoms with Crippen molar-refractivity contribution in [2.45, 2.75) is 78.1 Å². The van der Waals surface area contributed by atoms with Gasteiger partial charge in [0.15, 0.2) is 28.7 Å². The van der Waals surface area contributed by atoms with Gasteiger partial charge < -0.3 is 24.0 Å². The lowest BCUT2D eigenvalue weighted by Gasteiger charge is -2.18. The third-order valence-electron chi connectivity index (χ3n) is 8.36. The number of fused-ring (bicyclic) bond motifs is 2. The van der Waals surface area contributed by atoms with Gasteiger partial charge in [-0.25, -0.2) is 19.0 Å². The Hall–Kier alpha value is -6.39. The molecule has 0 amide bonds. The highest BCUT2D eigenvalue weighted by Gasteiger charge is 2.29. The van der Waals surface area contributed by atoms with Crippen molar-refractivity contribution in [2.24, 2.45) is 14.1 Å². The van der Waals surface area contributed by atoms with Gasteiger partial charge in [-0.3, -0.25) is 19.3 Å². The highest BCUT2D eigenvalue weighted by atomic mass is 35.5. The van der Waals surface area contributed by atoms with E-state index in [2.05, 4.69) is 81.8 Å². The van der Waals surface area contributed by atoms with Crippen LogP contribution in [0.5, 0.6) is 5.88 Å². The van der Waals surface area contributed by atoms with Crippen molar-refractivity contribution < 1.29 is 24.0 Å². The number of hydrogen-bond acceptors (Lipinski definition) is 17. The van der Waals surface area contributed by atoms with Gasteiger partial charge in [-0.15, -0.1) is 26.9 Å². The minimum atomic E-state index is -0.331. The summed E-state index contributed by atoms with van der Waals surface area (Å²) >= 11 is 5.45. The van der Waals surface area contributed by atoms with Crippen LogP contribution in [0.1, 0.15) is 75.8 Å². The second kappa shape index (κ2) is 16.4. The molecule has 0 unspecified atom stereocenters. The summed E-state index contributed by atoms with van der Waals surface area (Å²) in [7, 11) is 3.61.